The van der Waals surface area contributed by atoms with E-state index in [-0.39, 0.29) is 0 Å². The molecule has 0 aromatic carbocycles. The molecule has 0 amide bonds. The zero-order chi connectivity index (χ0) is 11.1. The van der Waals surface area contributed by atoms with Crippen molar-refractivity contribution in [2.45, 2.75) is 31.0 Å². The van der Waals surface area contributed by atoms with Crippen LogP contribution >= 0.6 is 11.8 Å². The van der Waals surface area contributed by atoms with E-state index in [0.717, 1.165) is 18.1 Å². The quantitative estimate of drug-likeness (QED) is 0.595. The largest absolute Gasteiger partial charge is 0.315 e. The standard InChI is InChI=1S/C11H19N3S/c1-9(2)6-13-7-10(3)15-11-4-5-12-8-14-11/h4-5,8-10,13H,6-7H2,1-3H3. The molecule has 1 atom stereocenters. The minimum atomic E-state index is 0.540. The van der Waals surface area contributed by atoms with Gasteiger partial charge in [-0.2, -0.15) is 0 Å². The van der Waals surface area contributed by atoms with Gasteiger partial charge in [-0.15, -0.1) is 11.8 Å². The van der Waals surface area contributed by atoms with E-state index in [1.54, 1.807) is 24.3 Å². The summed E-state index contributed by atoms with van der Waals surface area (Å²) in [5, 5.41) is 5.03. The zero-order valence-electron chi connectivity index (χ0n) is 9.60. The van der Waals surface area contributed by atoms with Gasteiger partial charge in [0.1, 0.15) is 6.33 Å². The second-order valence-electron chi connectivity index (χ2n) is 4.03. The molecule has 0 bridgehead atoms. The lowest BCUT2D eigenvalue weighted by Crippen LogP contribution is -2.26. The first-order chi connectivity index (χ1) is 7.18. The highest BCUT2D eigenvalue weighted by Crippen LogP contribution is 2.18. The van der Waals surface area contributed by atoms with Crippen molar-refractivity contribution < 1.29 is 0 Å². The maximum atomic E-state index is 4.19. The van der Waals surface area contributed by atoms with E-state index in [1.807, 2.05) is 6.07 Å². The topological polar surface area (TPSA) is 37.8 Å². The average molecular weight is 225 g/mol. The summed E-state index contributed by atoms with van der Waals surface area (Å²) in [4.78, 5) is 8.08. The fraction of sp³-hybridized carbons (Fsp3) is 0.636. The number of nitrogens with one attached hydrogen (secondary N) is 1. The van der Waals surface area contributed by atoms with Gasteiger partial charge in [-0.05, 0) is 18.5 Å². The van der Waals surface area contributed by atoms with Gasteiger partial charge in [0.15, 0.2) is 0 Å². The van der Waals surface area contributed by atoms with Gasteiger partial charge < -0.3 is 5.32 Å². The molecule has 15 heavy (non-hydrogen) atoms. The second kappa shape index (κ2) is 6.80. The Kier molecular flexibility index (Phi) is 5.65. The normalized spacial score (nSPS) is 13.1. The van der Waals surface area contributed by atoms with Gasteiger partial charge in [0.2, 0.25) is 0 Å². The minimum absolute atomic E-state index is 0.540. The molecule has 0 radical (unpaired) electrons. The van der Waals surface area contributed by atoms with Crippen LogP contribution in [0, 0.1) is 5.92 Å². The molecule has 84 valence electrons. The summed E-state index contributed by atoms with van der Waals surface area (Å²) in [5.41, 5.74) is 0. The molecule has 0 aliphatic rings. The molecule has 1 N–H and O–H groups in total. The van der Waals surface area contributed by atoms with Crippen molar-refractivity contribution in [1.29, 1.82) is 0 Å². The van der Waals surface area contributed by atoms with E-state index in [0.29, 0.717) is 11.2 Å². The van der Waals surface area contributed by atoms with Crippen LogP contribution in [0.15, 0.2) is 23.6 Å². The fourth-order valence-electron chi connectivity index (χ4n) is 1.17. The van der Waals surface area contributed by atoms with Crippen molar-refractivity contribution in [3.05, 3.63) is 18.6 Å². The molecule has 0 saturated heterocycles. The van der Waals surface area contributed by atoms with E-state index >= 15 is 0 Å². The van der Waals surface area contributed by atoms with Gasteiger partial charge in [0, 0.05) is 18.0 Å². The highest BCUT2D eigenvalue weighted by Gasteiger charge is 2.04. The lowest BCUT2D eigenvalue weighted by Gasteiger charge is -2.12. The summed E-state index contributed by atoms with van der Waals surface area (Å²) < 4.78 is 0. The zero-order valence-corrected chi connectivity index (χ0v) is 10.4. The SMILES string of the molecule is CC(C)CNCC(C)Sc1ccncn1. The molecule has 1 aromatic rings. The Morgan fingerprint density at radius 2 is 2.13 bits per heavy atom. The number of hydrogen-bond acceptors (Lipinski definition) is 4. The summed E-state index contributed by atoms with van der Waals surface area (Å²) >= 11 is 1.78. The van der Waals surface area contributed by atoms with Crippen LogP contribution in [0.5, 0.6) is 0 Å². The van der Waals surface area contributed by atoms with Gasteiger partial charge in [-0.1, -0.05) is 20.8 Å². The highest BCUT2D eigenvalue weighted by molar-refractivity contribution is 7.99. The smallest absolute Gasteiger partial charge is 0.116 e. The monoisotopic (exact) mass is 225 g/mol. The van der Waals surface area contributed by atoms with Crippen LogP contribution in [0.25, 0.3) is 0 Å². The van der Waals surface area contributed by atoms with Crippen LogP contribution in [0.3, 0.4) is 0 Å². The second-order valence-corrected chi connectivity index (χ2v) is 5.49. The molecule has 1 rings (SSSR count). The summed E-state index contributed by atoms with van der Waals surface area (Å²) in [6.45, 7) is 8.74. The maximum absolute atomic E-state index is 4.19. The Morgan fingerprint density at radius 1 is 1.33 bits per heavy atom. The van der Waals surface area contributed by atoms with Crippen molar-refractivity contribution in [3.63, 3.8) is 0 Å². The molecular weight excluding hydrogens is 206 g/mol. The molecule has 0 saturated carbocycles. The number of nitrogens with zero attached hydrogens (tertiary/aromatic N) is 2. The van der Waals surface area contributed by atoms with Crippen molar-refractivity contribution in [1.82, 2.24) is 15.3 Å². The van der Waals surface area contributed by atoms with E-state index in [9.17, 15) is 0 Å². The Hall–Kier alpha value is -0.610. The molecule has 1 unspecified atom stereocenters. The molecular formula is C11H19N3S. The van der Waals surface area contributed by atoms with Crippen LogP contribution in [-0.2, 0) is 0 Å². The molecule has 0 aliphatic carbocycles. The number of rotatable bonds is 6. The Bertz CT molecular complexity index is 264. The van der Waals surface area contributed by atoms with Gasteiger partial charge >= 0.3 is 0 Å². The van der Waals surface area contributed by atoms with E-state index in [1.165, 1.54) is 0 Å². The van der Waals surface area contributed by atoms with Gasteiger partial charge in [0.05, 0.1) is 5.03 Å². The summed E-state index contributed by atoms with van der Waals surface area (Å²) in [5.74, 6) is 0.709. The molecule has 0 fully saturated rings. The van der Waals surface area contributed by atoms with Crippen LogP contribution in [-0.4, -0.2) is 28.3 Å². The molecule has 1 aromatic heterocycles. The number of thioether (sulfide) groups is 1. The third kappa shape index (κ3) is 5.74. The Balaban J connectivity index is 2.21. The molecule has 1 heterocycles. The first-order valence-electron chi connectivity index (χ1n) is 5.32. The molecule has 4 heteroatoms. The number of aromatic nitrogens is 2. The lowest BCUT2D eigenvalue weighted by atomic mass is 10.2. The van der Waals surface area contributed by atoms with Crippen molar-refractivity contribution in [2.75, 3.05) is 13.1 Å². The third-order valence-electron chi connectivity index (χ3n) is 1.86. The van der Waals surface area contributed by atoms with E-state index < -0.39 is 0 Å². The lowest BCUT2D eigenvalue weighted by molar-refractivity contribution is 0.553. The predicted octanol–water partition coefficient (Wildman–Crippen LogP) is 2.20. The Morgan fingerprint density at radius 3 is 2.73 bits per heavy atom. The van der Waals surface area contributed by atoms with Crippen molar-refractivity contribution in [2.24, 2.45) is 5.92 Å². The van der Waals surface area contributed by atoms with Crippen molar-refractivity contribution in [3.8, 4) is 0 Å². The van der Waals surface area contributed by atoms with Crippen LogP contribution in [0.2, 0.25) is 0 Å². The van der Waals surface area contributed by atoms with Gasteiger partial charge in [-0.3, -0.25) is 0 Å². The summed E-state index contributed by atoms with van der Waals surface area (Å²) in [7, 11) is 0. The highest BCUT2D eigenvalue weighted by atomic mass is 32.2. The summed E-state index contributed by atoms with van der Waals surface area (Å²) in [6.07, 6.45) is 3.38. The number of hydrogen-bond donors (Lipinski definition) is 1. The van der Waals surface area contributed by atoms with Crippen LogP contribution in [0.1, 0.15) is 20.8 Å². The van der Waals surface area contributed by atoms with Crippen molar-refractivity contribution >= 4 is 11.8 Å². The maximum Gasteiger partial charge on any atom is 0.116 e. The first-order valence-corrected chi connectivity index (χ1v) is 6.20. The molecule has 3 nitrogen and oxygen atoms in total. The fourth-order valence-corrected chi connectivity index (χ4v) is 2.03. The molecule has 0 spiro atoms. The Labute approximate surface area is 96.1 Å². The average Bonchev–Trinajstić information content (AvgIpc) is 2.18. The van der Waals surface area contributed by atoms with Crippen LogP contribution in [0.4, 0.5) is 0 Å². The third-order valence-corrected chi connectivity index (χ3v) is 2.91. The minimum Gasteiger partial charge on any atom is -0.315 e. The predicted molar refractivity (Wildman–Crippen MR) is 65.1 cm³/mol. The van der Waals surface area contributed by atoms with Crippen LogP contribution < -0.4 is 5.32 Å². The molecule has 0 aliphatic heterocycles. The van der Waals surface area contributed by atoms with E-state index in [4.69, 9.17) is 0 Å². The van der Waals surface area contributed by atoms with Gasteiger partial charge in [0.25, 0.3) is 0 Å². The summed E-state index contributed by atoms with van der Waals surface area (Å²) in [6, 6.07) is 1.95. The van der Waals surface area contributed by atoms with Gasteiger partial charge in [-0.25, -0.2) is 9.97 Å². The van der Waals surface area contributed by atoms with E-state index in [2.05, 4.69) is 36.1 Å². The first kappa shape index (κ1) is 12.5.